The fourth-order valence-corrected chi connectivity index (χ4v) is 2.12. The Morgan fingerprint density at radius 2 is 1.90 bits per heavy atom. The molecule has 1 N–H and O–H groups in total. The zero-order valence-electron chi connectivity index (χ0n) is 12.2. The van der Waals surface area contributed by atoms with Crippen LogP contribution in [0.2, 0.25) is 0 Å². The third kappa shape index (κ3) is 3.85. The van der Waals surface area contributed by atoms with Crippen molar-refractivity contribution in [3.05, 3.63) is 0 Å². The molecule has 0 aromatic carbocycles. The Labute approximate surface area is 118 Å². The van der Waals surface area contributed by atoms with Crippen LogP contribution in [0.3, 0.4) is 0 Å². The second-order valence-electron chi connectivity index (χ2n) is 4.92. The fraction of sp³-hybridized carbons (Fsp3) is 0.769. The van der Waals surface area contributed by atoms with Crippen LogP contribution in [0.25, 0.3) is 0 Å². The van der Waals surface area contributed by atoms with E-state index in [0.29, 0.717) is 32.5 Å². The second-order valence-corrected chi connectivity index (χ2v) is 4.92. The highest BCUT2D eigenvalue weighted by Gasteiger charge is 2.31. The van der Waals surface area contributed by atoms with E-state index in [4.69, 9.17) is 9.84 Å². The highest BCUT2D eigenvalue weighted by Crippen LogP contribution is 2.20. The van der Waals surface area contributed by atoms with Gasteiger partial charge in [0, 0.05) is 20.1 Å². The van der Waals surface area contributed by atoms with Crippen LogP contribution >= 0.6 is 0 Å². The molecule has 114 valence electrons. The van der Waals surface area contributed by atoms with Gasteiger partial charge in [0.15, 0.2) is 0 Å². The van der Waals surface area contributed by atoms with Crippen molar-refractivity contribution in [3.8, 4) is 0 Å². The second kappa shape index (κ2) is 7.12. The van der Waals surface area contributed by atoms with Crippen LogP contribution in [-0.2, 0) is 14.3 Å². The van der Waals surface area contributed by atoms with Gasteiger partial charge in [-0.2, -0.15) is 0 Å². The molecule has 0 aromatic rings. The van der Waals surface area contributed by atoms with Gasteiger partial charge in [-0.3, -0.25) is 4.79 Å². The Morgan fingerprint density at radius 1 is 1.35 bits per heavy atom. The predicted molar refractivity (Wildman–Crippen MR) is 71.2 cm³/mol. The van der Waals surface area contributed by atoms with E-state index in [1.54, 1.807) is 11.8 Å². The van der Waals surface area contributed by atoms with Gasteiger partial charge in [-0.05, 0) is 26.7 Å². The molecule has 7 nitrogen and oxygen atoms in total. The number of ether oxygens (including phenoxy) is 1. The maximum Gasteiger partial charge on any atom is 0.326 e. The molecule has 0 spiro atoms. The van der Waals surface area contributed by atoms with Crippen molar-refractivity contribution in [3.63, 3.8) is 0 Å². The summed E-state index contributed by atoms with van der Waals surface area (Å²) in [5.41, 5.74) is 0. The van der Waals surface area contributed by atoms with E-state index in [0.717, 1.165) is 0 Å². The summed E-state index contributed by atoms with van der Waals surface area (Å²) in [4.78, 5) is 37.4. The van der Waals surface area contributed by atoms with Gasteiger partial charge in [0.25, 0.3) is 0 Å². The van der Waals surface area contributed by atoms with Crippen molar-refractivity contribution in [1.29, 1.82) is 0 Å². The normalized spacial score (nSPS) is 17.4. The Balaban J connectivity index is 2.50. The van der Waals surface area contributed by atoms with Gasteiger partial charge in [-0.1, -0.05) is 0 Å². The average Bonchev–Trinajstić information content (AvgIpc) is 2.45. The predicted octanol–water partition coefficient (Wildman–Crippen LogP) is 0.786. The summed E-state index contributed by atoms with van der Waals surface area (Å²) in [6, 6.07) is -1.19. The quantitative estimate of drug-likeness (QED) is 0.772. The van der Waals surface area contributed by atoms with Crippen LogP contribution in [0, 0.1) is 5.92 Å². The summed E-state index contributed by atoms with van der Waals surface area (Å²) < 4.78 is 4.96. The molecule has 0 aliphatic carbocycles. The number of esters is 1. The number of aliphatic carboxylic acids is 1. The van der Waals surface area contributed by atoms with E-state index in [1.165, 1.54) is 18.9 Å². The van der Waals surface area contributed by atoms with Crippen molar-refractivity contribution >= 4 is 18.0 Å². The summed E-state index contributed by atoms with van der Waals surface area (Å²) in [5.74, 6) is -1.42. The minimum Gasteiger partial charge on any atom is -0.480 e. The fourth-order valence-electron chi connectivity index (χ4n) is 2.12. The molecule has 0 saturated carbocycles. The lowest BCUT2D eigenvalue weighted by Crippen LogP contribution is -2.50. The van der Waals surface area contributed by atoms with Crippen molar-refractivity contribution in [2.45, 2.75) is 32.7 Å². The van der Waals surface area contributed by atoms with Gasteiger partial charge in [-0.15, -0.1) is 0 Å². The third-order valence-electron chi connectivity index (χ3n) is 3.63. The Hall–Kier alpha value is -1.79. The molecular formula is C13H22N2O5. The van der Waals surface area contributed by atoms with Crippen LogP contribution in [0.4, 0.5) is 4.79 Å². The molecule has 1 fully saturated rings. The molecule has 1 aliphatic heterocycles. The van der Waals surface area contributed by atoms with E-state index < -0.39 is 12.0 Å². The number of carbonyl (C=O) groups excluding carboxylic acids is 2. The summed E-state index contributed by atoms with van der Waals surface area (Å²) in [6.45, 7) is 4.47. The van der Waals surface area contributed by atoms with E-state index >= 15 is 0 Å². The number of amides is 2. The molecule has 2 amide bonds. The topological polar surface area (TPSA) is 87.2 Å². The Kier molecular flexibility index (Phi) is 5.79. The molecule has 20 heavy (non-hydrogen) atoms. The van der Waals surface area contributed by atoms with Crippen molar-refractivity contribution in [1.82, 2.24) is 9.80 Å². The zero-order chi connectivity index (χ0) is 15.3. The number of piperidine rings is 1. The Morgan fingerprint density at radius 3 is 2.35 bits per heavy atom. The molecule has 1 saturated heterocycles. The van der Waals surface area contributed by atoms with Crippen LogP contribution < -0.4 is 0 Å². The highest BCUT2D eigenvalue weighted by molar-refractivity contribution is 5.82. The number of nitrogens with zero attached hydrogens (tertiary/aromatic N) is 2. The summed E-state index contributed by atoms with van der Waals surface area (Å²) in [7, 11) is 1.47. The molecule has 1 atom stereocenters. The lowest BCUT2D eigenvalue weighted by atomic mass is 9.97. The van der Waals surface area contributed by atoms with Crippen LogP contribution in [0.5, 0.6) is 0 Å². The van der Waals surface area contributed by atoms with Crippen LogP contribution in [0.15, 0.2) is 0 Å². The average molecular weight is 286 g/mol. The SMILES string of the molecule is CCOC(=O)C1CCN(C(=O)N(C)C(C)C(=O)O)CC1. The van der Waals surface area contributed by atoms with Crippen molar-refractivity contribution < 1.29 is 24.2 Å². The molecule has 1 heterocycles. The van der Waals surface area contributed by atoms with Gasteiger partial charge in [0.2, 0.25) is 0 Å². The summed E-state index contributed by atoms with van der Waals surface area (Å²) in [6.07, 6.45) is 1.11. The van der Waals surface area contributed by atoms with E-state index in [1.807, 2.05) is 0 Å². The lowest BCUT2D eigenvalue weighted by Gasteiger charge is -2.34. The van der Waals surface area contributed by atoms with Gasteiger partial charge in [-0.25, -0.2) is 9.59 Å². The van der Waals surface area contributed by atoms with Crippen LogP contribution in [0.1, 0.15) is 26.7 Å². The number of likely N-dealkylation sites (N-methyl/N-ethyl adjacent to an activating group) is 1. The van der Waals surface area contributed by atoms with E-state index in [9.17, 15) is 14.4 Å². The number of carboxylic acids is 1. The first-order chi connectivity index (χ1) is 9.38. The third-order valence-corrected chi connectivity index (χ3v) is 3.63. The van der Waals surface area contributed by atoms with Gasteiger partial charge < -0.3 is 19.6 Å². The van der Waals surface area contributed by atoms with Gasteiger partial charge in [0.05, 0.1) is 12.5 Å². The zero-order valence-corrected chi connectivity index (χ0v) is 12.2. The number of hydrogen-bond donors (Lipinski definition) is 1. The van der Waals surface area contributed by atoms with E-state index in [2.05, 4.69) is 0 Å². The number of rotatable bonds is 4. The van der Waals surface area contributed by atoms with Gasteiger partial charge >= 0.3 is 18.0 Å². The molecule has 0 bridgehead atoms. The lowest BCUT2D eigenvalue weighted by molar-refractivity contribution is -0.149. The minimum absolute atomic E-state index is 0.166. The maximum atomic E-state index is 12.1. The number of carbonyl (C=O) groups is 3. The first-order valence-electron chi connectivity index (χ1n) is 6.79. The Bertz CT molecular complexity index is 377. The molecule has 0 radical (unpaired) electrons. The summed E-state index contributed by atoms with van der Waals surface area (Å²) in [5, 5.41) is 8.90. The van der Waals surface area contributed by atoms with Crippen LogP contribution in [-0.4, -0.2) is 65.7 Å². The van der Waals surface area contributed by atoms with Gasteiger partial charge in [0.1, 0.15) is 6.04 Å². The first kappa shape index (κ1) is 16.3. The standard InChI is InChI=1S/C13H22N2O5/c1-4-20-12(18)10-5-7-15(8-6-10)13(19)14(3)9(2)11(16)17/h9-10H,4-8H2,1-3H3,(H,16,17). The minimum atomic E-state index is -1.04. The highest BCUT2D eigenvalue weighted by atomic mass is 16.5. The number of likely N-dealkylation sites (tertiary alicyclic amines) is 1. The van der Waals surface area contributed by atoms with Crippen molar-refractivity contribution in [2.75, 3.05) is 26.7 Å². The number of hydrogen-bond acceptors (Lipinski definition) is 4. The number of urea groups is 1. The summed E-state index contributed by atoms with van der Waals surface area (Å²) >= 11 is 0. The van der Waals surface area contributed by atoms with Crippen molar-refractivity contribution in [2.24, 2.45) is 5.92 Å². The molecule has 0 aromatic heterocycles. The molecule has 7 heteroatoms. The first-order valence-corrected chi connectivity index (χ1v) is 6.79. The largest absolute Gasteiger partial charge is 0.480 e. The van der Waals surface area contributed by atoms with E-state index in [-0.39, 0.29) is 17.9 Å². The monoisotopic (exact) mass is 286 g/mol. The molecule has 1 aliphatic rings. The smallest absolute Gasteiger partial charge is 0.326 e. The molecular weight excluding hydrogens is 264 g/mol. The molecule has 1 rings (SSSR count). The number of carboxylic acid groups (broad SMARTS) is 1. The maximum absolute atomic E-state index is 12.1. The molecule has 1 unspecified atom stereocenters.